The Morgan fingerprint density at radius 1 is 1.16 bits per heavy atom. The molecule has 4 aliphatic rings. The fourth-order valence-electron chi connectivity index (χ4n) is 5.75. The van der Waals surface area contributed by atoms with Crippen LogP contribution in [0.1, 0.15) is 49.8 Å². The van der Waals surface area contributed by atoms with E-state index in [2.05, 4.69) is 4.98 Å². The Kier molecular flexibility index (Phi) is 2.23. The molecule has 0 amide bonds. The summed E-state index contributed by atoms with van der Waals surface area (Å²) >= 11 is 3.56. The van der Waals surface area contributed by atoms with Crippen molar-refractivity contribution in [2.75, 3.05) is 0 Å². The van der Waals surface area contributed by atoms with E-state index in [0.717, 1.165) is 23.0 Å². The summed E-state index contributed by atoms with van der Waals surface area (Å²) in [4.78, 5) is 16.6. The van der Waals surface area contributed by atoms with Crippen LogP contribution in [0.2, 0.25) is 0 Å². The van der Waals surface area contributed by atoms with Gasteiger partial charge in [-0.25, -0.2) is 0 Å². The molecular formula is C15H19NOS2. The van der Waals surface area contributed by atoms with Gasteiger partial charge in [-0.2, -0.15) is 0 Å². The molecule has 4 heteroatoms. The summed E-state index contributed by atoms with van der Waals surface area (Å²) in [6, 6.07) is 0. The summed E-state index contributed by atoms with van der Waals surface area (Å²) in [7, 11) is 0. The second-order valence-corrected chi connectivity index (χ2v) is 9.15. The van der Waals surface area contributed by atoms with Crippen LogP contribution in [0.25, 0.3) is 0 Å². The Morgan fingerprint density at radius 2 is 1.95 bits per heavy atom. The predicted octanol–water partition coefficient (Wildman–Crippen LogP) is 3.77. The Balaban J connectivity index is 1.73. The van der Waals surface area contributed by atoms with Gasteiger partial charge in [0, 0.05) is 15.5 Å². The lowest BCUT2D eigenvalue weighted by Crippen LogP contribution is -2.44. The average Bonchev–Trinajstić information content (AvgIpc) is 3.12. The van der Waals surface area contributed by atoms with Crippen LogP contribution in [0, 0.1) is 17.8 Å². The van der Waals surface area contributed by atoms with Gasteiger partial charge in [0.25, 0.3) is 0 Å². The summed E-state index contributed by atoms with van der Waals surface area (Å²) in [5.41, 5.74) is 0.398. The fourth-order valence-corrected chi connectivity index (χ4v) is 8.92. The van der Waals surface area contributed by atoms with Gasteiger partial charge in [-0.15, -0.1) is 11.8 Å². The second kappa shape index (κ2) is 3.70. The zero-order valence-electron chi connectivity index (χ0n) is 11.0. The van der Waals surface area contributed by atoms with Crippen molar-refractivity contribution >= 4 is 23.1 Å². The predicted molar refractivity (Wildman–Crippen MR) is 79.1 cm³/mol. The number of aromatic amines is 1. The second-order valence-electron chi connectivity index (χ2n) is 6.98. The van der Waals surface area contributed by atoms with Gasteiger partial charge < -0.3 is 4.98 Å². The molecule has 102 valence electrons. The van der Waals surface area contributed by atoms with Crippen molar-refractivity contribution in [2.24, 2.45) is 17.8 Å². The number of aromatic nitrogens is 1. The minimum Gasteiger partial charge on any atom is -0.307 e. The minimum absolute atomic E-state index is 0.177. The van der Waals surface area contributed by atoms with Crippen LogP contribution < -0.4 is 4.87 Å². The quantitative estimate of drug-likeness (QED) is 0.790. The van der Waals surface area contributed by atoms with Gasteiger partial charge >= 0.3 is 4.87 Å². The lowest BCUT2D eigenvalue weighted by Gasteiger charge is -2.47. The van der Waals surface area contributed by atoms with Crippen LogP contribution in [0.5, 0.6) is 0 Å². The number of H-pyrrole nitrogens is 1. The van der Waals surface area contributed by atoms with Crippen molar-refractivity contribution in [3.05, 3.63) is 14.5 Å². The first kappa shape index (κ1) is 11.4. The van der Waals surface area contributed by atoms with Crippen LogP contribution >= 0.6 is 23.1 Å². The lowest BCUT2D eigenvalue weighted by molar-refractivity contribution is 0.188. The maximum Gasteiger partial charge on any atom is 0.305 e. The highest BCUT2D eigenvalue weighted by atomic mass is 32.2. The van der Waals surface area contributed by atoms with E-state index in [4.69, 9.17) is 0 Å². The van der Waals surface area contributed by atoms with Gasteiger partial charge in [-0.05, 0) is 49.9 Å². The topological polar surface area (TPSA) is 32.9 Å². The molecule has 0 aromatic carbocycles. The number of fused-ring (bicyclic) bond motifs is 8. The van der Waals surface area contributed by atoms with Gasteiger partial charge in [0.15, 0.2) is 0 Å². The Hall–Kier alpha value is -0.220. The molecule has 5 rings (SSSR count). The van der Waals surface area contributed by atoms with Crippen molar-refractivity contribution < 1.29 is 0 Å². The summed E-state index contributed by atoms with van der Waals surface area (Å²) < 4.78 is 0. The SMILES string of the molecule is O=c1[nH]c2c(s1)C1(CCCC1)[C@@H]1[C@@H]3CC[C@H](C3)[C@H]1S2. The summed E-state index contributed by atoms with van der Waals surface area (Å²) in [6.07, 6.45) is 9.82. The molecule has 0 saturated heterocycles. The number of thiazole rings is 1. The smallest absolute Gasteiger partial charge is 0.305 e. The van der Waals surface area contributed by atoms with Crippen LogP contribution in [-0.2, 0) is 5.41 Å². The molecule has 4 atom stereocenters. The molecule has 2 nitrogen and oxygen atoms in total. The highest BCUT2D eigenvalue weighted by Crippen LogP contribution is 2.67. The van der Waals surface area contributed by atoms with Gasteiger partial charge in [-0.3, -0.25) is 4.79 Å². The number of hydrogen-bond acceptors (Lipinski definition) is 3. The molecule has 0 radical (unpaired) electrons. The van der Waals surface area contributed by atoms with E-state index in [9.17, 15) is 4.79 Å². The third-order valence-electron chi connectivity index (χ3n) is 6.30. The first-order valence-corrected chi connectivity index (χ1v) is 9.38. The first-order chi connectivity index (χ1) is 9.28. The molecule has 1 N–H and O–H groups in total. The van der Waals surface area contributed by atoms with E-state index in [1.807, 2.05) is 11.8 Å². The molecule has 3 aliphatic carbocycles. The lowest BCUT2D eigenvalue weighted by atomic mass is 9.65. The van der Waals surface area contributed by atoms with Gasteiger partial charge in [0.05, 0.1) is 5.03 Å². The molecule has 3 saturated carbocycles. The van der Waals surface area contributed by atoms with Crippen molar-refractivity contribution in [2.45, 2.75) is 60.6 Å². The van der Waals surface area contributed by atoms with E-state index >= 15 is 0 Å². The van der Waals surface area contributed by atoms with Crippen molar-refractivity contribution in [1.29, 1.82) is 0 Å². The summed E-state index contributed by atoms with van der Waals surface area (Å²) in [5, 5.41) is 2.07. The number of rotatable bonds is 0. The van der Waals surface area contributed by atoms with E-state index < -0.39 is 0 Å². The largest absolute Gasteiger partial charge is 0.307 e. The van der Waals surface area contributed by atoms with E-state index in [1.54, 1.807) is 0 Å². The molecular weight excluding hydrogens is 274 g/mol. The molecule has 1 aliphatic heterocycles. The average molecular weight is 293 g/mol. The number of thioether (sulfide) groups is 1. The van der Waals surface area contributed by atoms with Gasteiger partial charge in [0.2, 0.25) is 0 Å². The number of nitrogens with one attached hydrogen (secondary N) is 1. The van der Waals surface area contributed by atoms with Crippen molar-refractivity contribution in [3.63, 3.8) is 0 Å². The van der Waals surface area contributed by atoms with Crippen molar-refractivity contribution in [1.82, 2.24) is 4.98 Å². The minimum atomic E-state index is 0.177. The maximum atomic E-state index is 11.8. The molecule has 2 heterocycles. The summed E-state index contributed by atoms with van der Waals surface area (Å²) in [6.45, 7) is 0. The maximum absolute atomic E-state index is 11.8. The molecule has 2 bridgehead atoms. The van der Waals surface area contributed by atoms with Gasteiger partial charge in [-0.1, -0.05) is 24.2 Å². The monoisotopic (exact) mass is 293 g/mol. The normalized spacial score (nSPS) is 41.7. The number of hydrogen-bond donors (Lipinski definition) is 1. The molecule has 19 heavy (non-hydrogen) atoms. The van der Waals surface area contributed by atoms with Crippen molar-refractivity contribution in [3.8, 4) is 0 Å². The molecule has 3 fully saturated rings. The Bertz CT molecular complexity index is 583. The summed E-state index contributed by atoms with van der Waals surface area (Å²) in [5.74, 6) is 2.79. The molecule has 1 aromatic heterocycles. The third-order valence-corrected chi connectivity index (χ3v) is 9.02. The van der Waals surface area contributed by atoms with E-state index in [0.29, 0.717) is 5.41 Å². The zero-order chi connectivity index (χ0) is 12.6. The molecule has 1 spiro atoms. The van der Waals surface area contributed by atoms with E-state index in [1.165, 1.54) is 66.2 Å². The highest BCUT2D eigenvalue weighted by molar-refractivity contribution is 8.00. The third kappa shape index (κ3) is 1.33. The zero-order valence-corrected chi connectivity index (χ0v) is 12.6. The Morgan fingerprint density at radius 3 is 2.79 bits per heavy atom. The van der Waals surface area contributed by atoms with Crippen LogP contribution in [0.3, 0.4) is 0 Å². The van der Waals surface area contributed by atoms with Gasteiger partial charge in [0.1, 0.15) is 0 Å². The molecule has 0 unspecified atom stereocenters. The fraction of sp³-hybridized carbons (Fsp3) is 0.800. The Labute approximate surface area is 121 Å². The van der Waals surface area contributed by atoms with Crippen LogP contribution in [-0.4, -0.2) is 10.2 Å². The highest BCUT2D eigenvalue weighted by Gasteiger charge is 2.61. The standard InChI is InChI=1S/C15H19NOS2/c17-14-16-13-12(19-14)15(5-1-2-6-15)10-8-3-4-9(7-8)11(10)18-13/h8-11H,1-7H2,(H,16,17)/t8-,9-,10-,11-/m1/s1. The molecule has 1 aromatic rings. The first-order valence-electron chi connectivity index (χ1n) is 7.68. The van der Waals surface area contributed by atoms with Crippen LogP contribution in [0.4, 0.5) is 0 Å². The van der Waals surface area contributed by atoms with Crippen LogP contribution in [0.15, 0.2) is 9.82 Å². The van der Waals surface area contributed by atoms with E-state index in [-0.39, 0.29) is 4.87 Å².